The highest BCUT2D eigenvalue weighted by Gasteiger charge is 2.29. The van der Waals surface area contributed by atoms with Gasteiger partial charge in [0.2, 0.25) is 0 Å². The molecule has 2 N–H and O–H groups in total. The summed E-state index contributed by atoms with van der Waals surface area (Å²) in [7, 11) is 0. The van der Waals surface area contributed by atoms with Crippen LogP contribution in [-0.4, -0.2) is 41.6 Å². The Hall–Kier alpha value is -2.05. The monoisotopic (exact) mass is 318 g/mol. The SMILES string of the molecule is C[C@](O)(CNC1CCN(C(=O)c2ccoc2)CC1)c1ccco1. The molecule has 0 aliphatic carbocycles. The Bertz CT molecular complexity index is 611. The second-order valence-electron chi connectivity index (χ2n) is 6.21. The molecule has 0 radical (unpaired) electrons. The number of nitrogens with one attached hydrogen (secondary N) is 1. The molecule has 1 aliphatic rings. The van der Waals surface area contributed by atoms with Crippen molar-refractivity contribution < 1.29 is 18.7 Å². The zero-order valence-corrected chi connectivity index (χ0v) is 13.2. The van der Waals surface area contributed by atoms with E-state index in [1.165, 1.54) is 12.5 Å². The van der Waals surface area contributed by atoms with Crippen molar-refractivity contribution in [3.8, 4) is 0 Å². The molecule has 3 heterocycles. The highest BCUT2D eigenvalue weighted by Crippen LogP contribution is 2.21. The summed E-state index contributed by atoms with van der Waals surface area (Å²) in [5, 5.41) is 13.8. The van der Waals surface area contributed by atoms with Gasteiger partial charge in [0.25, 0.3) is 5.91 Å². The summed E-state index contributed by atoms with van der Waals surface area (Å²) in [6.07, 6.45) is 6.27. The van der Waals surface area contributed by atoms with Gasteiger partial charge in [0.15, 0.2) is 0 Å². The number of aliphatic hydroxyl groups is 1. The second-order valence-corrected chi connectivity index (χ2v) is 6.21. The lowest BCUT2D eigenvalue weighted by Gasteiger charge is -2.33. The number of piperidine rings is 1. The first kappa shape index (κ1) is 15.8. The number of furan rings is 2. The molecule has 0 unspecified atom stereocenters. The third kappa shape index (κ3) is 3.65. The molecule has 124 valence electrons. The normalized spacial score (nSPS) is 18.8. The maximum atomic E-state index is 12.2. The van der Waals surface area contributed by atoms with E-state index in [9.17, 15) is 9.90 Å². The van der Waals surface area contributed by atoms with Crippen LogP contribution in [0.15, 0.2) is 45.8 Å². The number of nitrogens with zero attached hydrogens (tertiary/aromatic N) is 1. The van der Waals surface area contributed by atoms with E-state index < -0.39 is 5.60 Å². The summed E-state index contributed by atoms with van der Waals surface area (Å²) in [5.41, 5.74) is -0.440. The molecule has 6 nitrogen and oxygen atoms in total. The van der Waals surface area contributed by atoms with Crippen LogP contribution in [0, 0.1) is 0 Å². The molecule has 2 aromatic heterocycles. The first-order chi connectivity index (χ1) is 11.1. The van der Waals surface area contributed by atoms with Gasteiger partial charge in [-0.25, -0.2) is 0 Å². The Kier molecular flexibility index (Phi) is 4.54. The standard InChI is InChI=1S/C17H22N2O4/c1-17(21,15-3-2-9-23-15)12-18-14-4-7-19(8-5-14)16(20)13-6-10-22-11-13/h2-3,6,9-11,14,18,21H,4-5,7-8,12H2,1H3/t17-/m0/s1. The van der Waals surface area contributed by atoms with Crippen LogP contribution in [0.25, 0.3) is 0 Å². The number of carbonyl (C=O) groups excluding carboxylic acids is 1. The first-order valence-corrected chi connectivity index (χ1v) is 7.87. The fraction of sp³-hybridized carbons (Fsp3) is 0.471. The van der Waals surface area contributed by atoms with Crippen molar-refractivity contribution in [3.05, 3.63) is 48.3 Å². The van der Waals surface area contributed by atoms with Gasteiger partial charge in [0.05, 0.1) is 18.1 Å². The van der Waals surface area contributed by atoms with Crippen molar-refractivity contribution in [2.24, 2.45) is 0 Å². The Labute approximate surface area is 135 Å². The van der Waals surface area contributed by atoms with Gasteiger partial charge in [0, 0.05) is 25.7 Å². The molecule has 6 heteroatoms. The fourth-order valence-corrected chi connectivity index (χ4v) is 2.87. The molecule has 23 heavy (non-hydrogen) atoms. The van der Waals surface area contributed by atoms with E-state index in [2.05, 4.69) is 5.32 Å². The van der Waals surface area contributed by atoms with Crippen molar-refractivity contribution in [2.45, 2.75) is 31.4 Å². The topological polar surface area (TPSA) is 78.9 Å². The van der Waals surface area contributed by atoms with Crippen LogP contribution in [0.1, 0.15) is 35.9 Å². The average molecular weight is 318 g/mol. The minimum absolute atomic E-state index is 0.0137. The number of hydrogen-bond acceptors (Lipinski definition) is 5. The molecule has 0 aromatic carbocycles. The molecule has 1 fully saturated rings. The lowest BCUT2D eigenvalue weighted by atomic mass is 10.00. The molecule has 1 atom stereocenters. The summed E-state index contributed by atoms with van der Waals surface area (Å²) < 4.78 is 10.2. The summed E-state index contributed by atoms with van der Waals surface area (Å²) >= 11 is 0. The molecule has 3 rings (SSSR count). The van der Waals surface area contributed by atoms with Crippen LogP contribution < -0.4 is 5.32 Å². The van der Waals surface area contributed by atoms with Gasteiger partial charge in [-0.2, -0.15) is 0 Å². The Morgan fingerprint density at radius 3 is 2.78 bits per heavy atom. The Morgan fingerprint density at radius 2 is 2.17 bits per heavy atom. The third-order valence-corrected chi connectivity index (χ3v) is 4.34. The van der Waals surface area contributed by atoms with Crippen molar-refractivity contribution in [1.82, 2.24) is 10.2 Å². The van der Waals surface area contributed by atoms with Gasteiger partial charge in [-0.1, -0.05) is 0 Å². The lowest BCUT2D eigenvalue weighted by Crippen LogP contribution is -2.48. The molecule has 0 saturated carbocycles. The van der Waals surface area contributed by atoms with E-state index in [4.69, 9.17) is 8.83 Å². The summed E-state index contributed by atoms with van der Waals surface area (Å²) in [6.45, 7) is 3.55. The predicted molar refractivity (Wildman–Crippen MR) is 83.9 cm³/mol. The van der Waals surface area contributed by atoms with Crippen LogP contribution >= 0.6 is 0 Å². The van der Waals surface area contributed by atoms with E-state index in [0.29, 0.717) is 31.0 Å². The van der Waals surface area contributed by atoms with E-state index in [0.717, 1.165) is 12.8 Å². The lowest BCUT2D eigenvalue weighted by molar-refractivity contribution is 0.0284. The molecule has 0 spiro atoms. The van der Waals surface area contributed by atoms with Crippen molar-refractivity contribution >= 4 is 5.91 Å². The summed E-state index contributed by atoms with van der Waals surface area (Å²) in [5.74, 6) is 0.567. The van der Waals surface area contributed by atoms with Crippen molar-refractivity contribution in [3.63, 3.8) is 0 Å². The Morgan fingerprint density at radius 1 is 1.39 bits per heavy atom. The van der Waals surface area contributed by atoms with Crippen LogP contribution in [-0.2, 0) is 5.60 Å². The number of hydrogen-bond donors (Lipinski definition) is 2. The third-order valence-electron chi connectivity index (χ3n) is 4.34. The minimum Gasteiger partial charge on any atom is -0.472 e. The Balaban J connectivity index is 1.47. The second kappa shape index (κ2) is 6.60. The molecular formula is C17H22N2O4. The smallest absolute Gasteiger partial charge is 0.257 e. The van der Waals surface area contributed by atoms with E-state index in [1.807, 2.05) is 4.90 Å². The van der Waals surface area contributed by atoms with Gasteiger partial charge in [0.1, 0.15) is 17.6 Å². The van der Waals surface area contributed by atoms with Crippen LogP contribution in [0.4, 0.5) is 0 Å². The highest BCUT2D eigenvalue weighted by molar-refractivity contribution is 5.93. The fourth-order valence-electron chi connectivity index (χ4n) is 2.87. The van der Waals surface area contributed by atoms with Crippen molar-refractivity contribution in [2.75, 3.05) is 19.6 Å². The number of rotatable bonds is 5. The minimum atomic E-state index is -1.03. The van der Waals surface area contributed by atoms with Crippen LogP contribution in [0.3, 0.4) is 0 Å². The zero-order chi connectivity index (χ0) is 16.3. The number of carbonyl (C=O) groups is 1. The highest BCUT2D eigenvalue weighted by atomic mass is 16.4. The zero-order valence-electron chi connectivity index (χ0n) is 13.2. The van der Waals surface area contributed by atoms with Crippen LogP contribution in [0.5, 0.6) is 0 Å². The van der Waals surface area contributed by atoms with Gasteiger partial charge in [-0.05, 0) is 38.0 Å². The molecule has 0 bridgehead atoms. The summed E-state index contributed by atoms with van der Waals surface area (Å²) in [6, 6.07) is 5.51. The van der Waals surface area contributed by atoms with Crippen LogP contribution in [0.2, 0.25) is 0 Å². The quantitative estimate of drug-likeness (QED) is 0.881. The van der Waals surface area contributed by atoms with E-state index in [-0.39, 0.29) is 11.9 Å². The molecule has 2 aromatic rings. The first-order valence-electron chi connectivity index (χ1n) is 7.87. The van der Waals surface area contributed by atoms with Crippen molar-refractivity contribution in [1.29, 1.82) is 0 Å². The van der Waals surface area contributed by atoms with Gasteiger partial charge < -0.3 is 24.2 Å². The molecule has 1 aliphatic heterocycles. The predicted octanol–water partition coefficient (Wildman–Crippen LogP) is 1.97. The maximum absolute atomic E-state index is 12.2. The number of likely N-dealkylation sites (tertiary alicyclic amines) is 1. The summed E-state index contributed by atoms with van der Waals surface area (Å²) in [4.78, 5) is 14.1. The van der Waals surface area contributed by atoms with E-state index >= 15 is 0 Å². The molecular weight excluding hydrogens is 296 g/mol. The van der Waals surface area contributed by atoms with Gasteiger partial charge in [-0.3, -0.25) is 4.79 Å². The number of amides is 1. The molecule has 1 amide bonds. The maximum Gasteiger partial charge on any atom is 0.257 e. The van der Waals surface area contributed by atoms with Gasteiger partial charge >= 0.3 is 0 Å². The average Bonchev–Trinajstić information content (AvgIpc) is 3.26. The largest absolute Gasteiger partial charge is 0.472 e. The van der Waals surface area contributed by atoms with Gasteiger partial charge in [-0.15, -0.1) is 0 Å². The van der Waals surface area contributed by atoms with E-state index in [1.54, 1.807) is 31.4 Å². The molecule has 1 saturated heterocycles.